The minimum atomic E-state index is -0.444. The van der Waals surface area contributed by atoms with Crippen molar-refractivity contribution in [3.63, 3.8) is 0 Å². The van der Waals surface area contributed by atoms with Crippen LogP contribution in [0, 0.1) is 0 Å². The fraction of sp³-hybridized carbons (Fsp3) is 0.348. The van der Waals surface area contributed by atoms with Crippen molar-refractivity contribution in [2.24, 2.45) is 0 Å². The summed E-state index contributed by atoms with van der Waals surface area (Å²) in [7, 11) is 0. The second-order valence-electron chi connectivity index (χ2n) is 6.88. The van der Waals surface area contributed by atoms with E-state index in [0.29, 0.717) is 30.3 Å². The number of benzene rings is 2. The molecule has 2 N–H and O–H groups in total. The molecule has 0 amide bonds. The Labute approximate surface area is 170 Å². The highest BCUT2D eigenvalue weighted by Gasteiger charge is 2.31. The van der Waals surface area contributed by atoms with Gasteiger partial charge in [0.25, 0.3) is 0 Å². The van der Waals surface area contributed by atoms with Crippen molar-refractivity contribution < 1.29 is 29.2 Å². The number of allylic oxidation sites excluding steroid dienone is 1. The lowest BCUT2D eigenvalue weighted by Gasteiger charge is -2.12. The predicted octanol–water partition coefficient (Wildman–Crippen LogP) is 5.07. The average molecular weight is 398 g/mol. The van der Waals surface area contributed by atoms with Crippen LogP contribution in [0.25, 0.3) is 6.08 Å². The van der Waals surface area contributed by atoms with Gasteiger partial charge in [-0.3, -0.25) is 4.79 Å². The van der Waals surface area contributed by atoms with Crippen molar-refractivity contribution in [2.75, 3.05) is 13.2 Å². The molecule has 6 heteroatoms. The molecule has 154 valence electrons. The van der Waals surface area contributed by atoms with Gasteiger partial charge in [0.05, 0.1) is 13.2 Å². The predicted molar refractivity (Wildman–Crippen MR) is 110 cm³/mol. The Kier molecular flexibility index (Phi) is 6.65. The summed E-state index contributed by atoms with van der Waals surface area (Å²) in [4.78, 5) is 12.6. The third-order valence-electron chi connectivity index (χ3n) is 4.53. The molecule has 0 saturated carbocycles. The highest BCUT2D eigenvalue weighted by atomic mass is 16.5. The quantitative estimate of drug-likeness (QED) is 0.453. The second-order valence-corrected chi connectivity index (χ2v) is 6.88. The Balaban J connectivity index is 1.88. The summed E-state index contributed by atoms with van der Waals surface area (Å²) in [5, 5.41) is 19.6. The number of carbonyl (C=O) groups excluding carboxylic acids is 1. The largest absolute Gasteiger partial charge is 0.508 e. The molecule has 0 saturated heterocycles. The van der Waals surface area contributed by atoms with Crippen molar-refractivity contribution in [3.8, 4) is 28.7 Å². The summed E-state index contributed by atoms with van der Waals surface area (Å²) >= 11 is 0. The van der Waals surface area contributed by atoms with Crippen LogP contribution in [0.5, 0.6) is 28.7 Å². The van der Waals surface area contributed by atoms with E-state index in [0.717, 1.165) is 31.7 Å². The number of ketones is 1. The number of Topliss-reactive ketones (excluding diaryl/α,β-unsaturated/α-hetero) is 1. The third-order valence-corrected chi connectivity index (χ3v) is 4.53. The van der Waals surface area contributed by atoms with Gasteiger partial charge in [0.1, 0.15) is 34.3 Å². The van der Waals surface area contributed by atoms with Crippen LogP contribution in [0.1, 0.15) is 55.5 Å². The van der Waals surface area contributed by atoms with Crippen LogP contribution in [0.3, 0.4) is 0 Å². The second kappa shape index (κ2) is 9.37. The number of hydrogen-bond acceptors (Lipinski definition) is 6. The molecule has 0 aromatic heterocycles. The van der Waals surface area contributed by atoms with Crippen LogP contribution in [0.4, 0.5) is 0 Å². The third kappa shape index (κ3) is 4.83. The van der Waals surface area contributed by atoms with Crippen LogP contribution < -0.4 is 14.2 Å². The molecule has 1 aliphatic heterocycles. The number of aromatic hydroxyl groups is 2. The van der Waals surface area contributed by atoms with Gasteiger partial charge < -0.3 is 24.4 Å². The van der Waals surface area contributed by atoms with Gasteiger partial charge in [0.2, 0.25) is 5.78 Å². The summed E-state index contributed by atoms with van der Waals surface area (Å²) in [6.45, 7) is 5.37. The summed E-state index contributed by atoms with van der Waals surface area (Å²) in [6, 6.07) is 7.87. The molecule has 1 aliphatic rings. The fourth-order valence-electron chi connectivity index (χ4n) is 2.93. The number of phenolic OH excluding ortho intramolecular Hbond substituents is 2. The standard InChI is InChI=1S/C23H26O6/c1-3-5-9-27-17-8-7-15(19(14-17)28-10-6-4-2)11-21-23(26)22-18(25)12-16(24)13-20(22)29-21/h7-8,11-14,24-25H,3-6,9-10H2,1-2H3/b21-11-. The van der Waals surface area contributed by atoms with E-state index in [9.17, 15) is 15.0 Å². The molecular formula is C23H26O6. The zero-order valence-corrected chi connectivity index (χ0v) is 16.7. The number of hydrogen-bond donors (Lipinski definition) is 2. The van der Waals surface area contributed by atoms with Crippen molar-refractivity contribution >= 4 is 11.9 Å². The van der Waals surface area contributed by atoms with Gasteiger partial charge in [-0.2, -0.15) is 0 Å². The van der Waals surface area contributed by atoms with Crippen LogP contribution in [0.15, 0.2) is 36.1 Å². The summed E-state index contributed by atoms with van der Waals surface area (Å²) in [5.41, 5.74) is 0.714. The monoisotopic (exact) mass is 398 g/mol. The van der Waals surface area contributed by atoms with E-state index in [-0.39, 0.29) is 28.6 Å². The molecule has 0 unspecified atom stereocenters. The van der Waals surface area contributed by atoms with E-state index < -0.39 is 5.78 Å². The SMILES string of the molecule is CCCCOc1ccc(/C=C2\Oc3cc(O)cc(O)c3C2=O)c(OCCCC)c1. The Bertz CT molecular complexity index is 916. The Hall–Kier alpha value is -3.15. The van der Waals surface area contributed by atoms with E-state index in [4.69, 9.17) is 14.2 Å². The van der Waals surface area contributed by atoms with Crippen LogP contribution in [-0.2, 0) is 0 Å². The van der Waals surface area contributed by atoms with Gasteiger partial charge in [-0.15, -0.1) is 0 Å². The molecule has 0 bridgehead atoms. The molecule has 0 radical (unpaired) electrons. The summed E-state index contributed by atoms with van der Waals surface area (Å²) < 4.78 is 17.2. The van der Waals surface area contributed by atoms with Crippen LogP contribution >= 0.6 is 0 Å². The van der Waals surface area contributed by atoms with E-state index in [2.05, 4.69) is 13.8 Å². The molecule has 6 nitrogen and oxygen atoms in total. The summed E-state index contributed by atoms with van der Waals surface area (Å²) in [6.07, 6.45) is 5.50. The molecular weight excluding hydrogens is 372 g/mol. The maximum Gasteiger partial charge on any atom is 0.235 e. The Morgan fingerprint density at radius 2 is 1.72 bits per heavy atom. The first-order valence-electron chi connectivity index (χ1n) is 9.93. The minimum Gasteiger partial charge on any atom is -0.508 e. The number of carbonyl (C=O) groups is 1. The number of rotatable bonds is 9. The molecule has 0 fully saturated rings. The van der Waals surface area contributed by atoms with Gasteiger partial charge in [0, 0.05) is 23.8 Å². The van der Waals surface area contributed by atoms with Crippen molar-refractivity contribution in [3.05, 3.63) is 47.2 Å². The number of phenols is 2. The van der Waals surface area contributed by atoms with Gasteiger partial charge in [-0.25, -0.2) is 0 Å². The van der Waals surface area contributed by atoms with Gasteiger partial charge in [-0.1, -0.05) is 26.7 Å². The topological polar surface area (TPSA) is 85.2 Å². The molecule has 0 atom stereocenters. The zero-order valence-electron chi connectivity index (χ0n) is 16.7. The molecule has 2 aromatic rings. The smallest absolute Gasteiger partial charge is 0.235 e. The lowest BCUT2D eigenvalue weighted by atomic mass is 10.1. The number of unbranched alkanes of at least 4 members (excludes halogenated alkanes) is 2. The van der Waals surface area contributed by atoms with E-state index >= 15 is 0 Å². The van der Waals surface area contributed by atoms with Crippen LogP contribution in [0.2, 0.25) is 0 Å². The Morgan fingerprint density at radius 1 is 1.00 bits per heavy atom. The maximum atomic E-state index is 12.6. The average Bonchev–Trinajstić information content (AvgIpc) is 2.99. The molecule has 3 rings (SSSR count). The van der Waals surface area contributed by atoms with Crippen molar-refractivity contribution in [1.82, 2.24) is 0 Å². The normalized spacial score (nSPS) is 14.0. The molecule has 2 aromatic carbocycles. The first kappa shape index (κ1) is 20.6. The van der Waals surface area contributed by atoms with E-state index in [1.807, 2.05) is 18.2 Å². The van der Waals surface area contributed by atoms with E-state index in [1.165, 1.54) is 6.07 Å². The first-order chi connectivity index (χ1) is 14.0. The van der Waals surface area contributed by atoms with Gasteiger partial charge >= 0.3 is 0 Å². The van der Waals surface area contributed by atoms with Crippen molar-refractivity contribution in [2.45, 2.75) is 39.5 Å². The molecule has 29 heavy (non-hydrogen) atoms. The first-order valence-corrected chi connectivity index (χ1v) is 9.93. The summed E-state index contributed by atoms with van der Waals surface area (Å²) in [5.74, 6) is 0.559. The van der Waals surface area contributed by atoms with Crippen LogP contribution in [-0.4, -0.2) is 29.2 Å². The highest BCUT2D eigenvalue weighted by molar-refractivity contribution is 6.16. The van der Waals surface area contributed by atoms with Crippen molar-refractivity contribution in [1.29, 1.82) is 0 Å². The molecule has 1 heterocycles. The Morgan fingerprint density at radius 3 is 2.45 bits per heavy atom. The number of fused-ring (bicyclic) bond motifs is 1. The lowest BCUT2D eigenvalue weighted by Crippen LogP contribution is -2.02. The van der Waals surface area contributed by atoms with Gasteiger partial charge in [0.15, 0.2) is 5.76 Å². The number of ether oxygens (including phenoxy) is 3. The minimum absolute atomic E-state index is 0.0435. The highest BCUT2D eigenvalue weighted by Crippen LogP contribution is 2.41. The fourth-order valence-corrected chi connectivity index (χ4v) is 2.93. The lowest BCUT2D eigenvalue weighted by molar-refractivity contribution is 0.101. The zero-order chi connectivity index (χ0) is 20.8. The molecule has 0 aliphatic carbocycles. The van der Waals surface area contributed by atoms with E-state index in [1.54, 1.807) is 6.08 Å². The molecule has 0 spiro atoms. The maximum absolute atomic E-state index is 12.6. The van der Waals surface area contributed by atoms with Gasteiger partial charge in [-0.05, 0) is 31.1 Å².